The second-order valence-electron chi connectivity index (χ2n) is 5.51. The lowest BCUT2D eigenvalue weighted by atomic mass is 10.3. The highest BCUT2D eigenvalue weighted by Crippen LogP contribution is 2.27. The van der Waals surface area contributed by atoms with Crippen molar-refractivity contribution in [2.45, 2.75) is 57.6 Å². The number of rotatable bonds is 9. The lowest BCUT2D eigenvalue weighted by Crippen LogP contribution is -2.34. The van der Waals surface area contributed by atoms with Crippen LogP contribution in [0.5, 0.6) is 0 Å². The first kappa shape index (κ1) is 19.0. The molecule has 0 saturated heterocycles. The largest absolute Gasteiger partial charge is 0.310 e. The van der Waals surface area contributed by atoms with Crippen molar-refractivity contribution in [2.24, 2.45) is 0 Å². The van der Waals surface area contributed by atoms with Crippen molar-refractivity contribution < 1.29 is 8.42 Å². The first-order valence-corrected chi connectivity index (χ1v) is 10.8. The normalized spacial score (nSPS) is 13.8. The molecule has 0 spiro atoms. The van der Waals surface area contributed by atoms with E-state index in [1.54, 1.807) is 11.8 Å². The summed E-state index contributed by atoms with van der Waals surface area (Å²) in [5.74, 6) is 0.952. The molecule has 21 heavy (non-hydrogen) atoms. The van der Waals surface area contributed by atoms with E-state index in [0.717, 1.165) is 22.6 Å². The fourth-order valence-electron chi connectivity index (χ4n) is 1.94. The molecule has 0 aliphatic heterocycles. The number of thioether (sulfide) groups is 1. The average Bonchev–Trinajstić information content (AvgIpc) is 2.75. The van der Waals surface area contributed by atoms with Crippen LogP contribution in [-0.2, 0) is 16.6 Å². The number of nitrogens with one attached hydrogen (secondary N) is 2. The van der Waals surface area contributed by atoms with Crippen molar-refractivity contribution in [3.63, 3.8) is 0 Å². The van der Waals surface area contributed by atoms with Crippen molar-refractivity contribution >= 4 is 33.1 Å². The standard InChI is InChI=1S/C14H26N2O2S3/c1-10(2)15-8-13-14(11(3)9-20-13)21(17,18)16-12(4)6-7-19-5/h9-10,12,15-16H,6-8H2,1-5H3. The summed E-state index contributed by atoms with van der Waals surface area (Å²) in [7, 11) is -3.44. The molecule has 122 valence electrons. The first-order chi connectivity index (χ1) is 9.77. The van der Waals surface area contributed by atoms with Crippen LogP contribution in [0.3, 0.4) is 0 Å². The molecule has 2 N–H and O–H groups in total. The van der Waals surface area contributed by atoms with Crippen molar-refractivity contribution in [1.82, 2.24) is 10.0 Å². The van der Waals surface area contributed by atoms with E-state index in [4.69, 9.17) is 0 Å². The van der Waals surface area contributed by atoms with Crippen LogP contribution in [0.25, 0.3) is 0 Å². The molecule has 4 nitrogen and oxygen atoms in total. The quantitative estimate of drug-likeness (QED) is 0.719. The number of thiophene rings is 1. The van der Waals surface area contributed by atoms with Crippen molar-refractivity contribution in [3.05, 3.63) is 15.8 Å². The predicted octanol–water partition coefficient (Wildman–Crippen LogP) is 2.97. The Balaban J connectivity index is 2.89. The summed E-state index contributed by atoms with van der Waals surface area (Å²) in [6.07, 6.45) is 2.86. The molecule has 1 heterocycles. The molecule has 0 aliphatic carbocycles. The van der Waals surface area contributed by atoms with E-state index in [2.05, 4.69) is 23.9 Å². The summed E-state index contributed by atoms with van der Waals surface area (Å²) in [6, 6.07) is 0.282. The Morgan fingerprint density at radius 1 is 1.33 bits per heavy atom. The van der Waals surface area contributed by atoms with Gasteiger partial charge in [0.05, 0.1) is 0 Å². The van der Waals surface area contributed by atoms with E-state index >= 15 is 0 Å². The minimum absolute atomic E-state index is 0.0485. The van der Waals surface area contributed by atoms with E-state index in [1.807, 2.05) is 25.5 Å². The molecule has 1 unspecified atom stereocenters. The maximum Gasteiger partial charge on any atom is 0.242 e. The van der Waals surface area contributed by atoms with Gasteiger partial charge in [0.15, 0.2) is 0 Å². The fraction of sp³-hybridized carbons (Fsp3) is 0.714. The van der Waals surface area contributed by atoms with Gasteiger partial charge in [0, 0.05) is 23.5 Å². The topological polar surface area (TPSA) is 58.2 Å². The van der Waals surface area contributed by atoms with Crippen LogP contribution in [0.15, 0.2) is 10.3 Å². The van der Waals surface area contributed by atoms with Gasteiger partial charge in [0.25, 0.3) is 0 Å². The summed E-state index contributed by atoms with van der Waals surface area (Å²) in [4.78, 5) is 1.34. The van der Waals surface area contributed by atoms with Gasteiger partial charge in [-0.1, -0.05) is 13.8 Å². The zero-order valence-corrected chi connectivity index (χ0v) is 15.8. The molecule has 0 amide bonds. The van der Waals surface area contributed by atoms with Crippen LogP contribution in [0.1, 0.15) is 37.6 Å². The van der Waals surface area contributed by atoms with Gasteiger partial charge in [-0.2, -0.15) is 11.8 Å². The lowest BCUT2D eigenvalue weighted by molar-refractivity contribution is 0.552. The summed E-state index contributed by atoms with van der Waals surface area (Å²) >= 11 is 3.23. The number of hydrogen-bond donors (Lipinski definition) is 2. The maximum atomic E-state index is 12.6. The number of hydrogen-bond acceptors (Lipinski definition) is 5. The molecule has 0 radical (unpaired) electrons. The average molecular weight is 351 g/mol. The second-order valence-corrected chi connectivity index (χ2v) is 9.11. The molecule has 1 aromatic rings. The number of aryl methyl sites for hydroxylation is 1. The van der Waals surface area contributed by atoms with Gasteiger partial charge in [-0.3, -0.25) is 0 Å². The molecule has 0 aromatic carbocycles. The van der Waals surface area contributed by atoms with E-state index in [1.165, 1.54) is 11.3 Å². The molecule has 0 aliphatic rings. The highest BCUT2D eigenvalue weighted by atomic mass is 32.2. The predicted molar refractivity (Wildman–Crippen MR) is 93.8 cm³/mol. The van der Waals surface area contributed by atoms with Crippen molar-refractivity contribution in [3.8, 4) is 0 Å². The third kappa shape index (κ3) is 5.90. The zero-order chi connectivity index (χ0) is 16.0. The van der Waals surface area contributed by atoms with E-state index < -0.39 is 10.0 Å². The molecule has 0 fully saturated rings. The Hall–Kier alpha value is -0.0800. The summed E-state index contributed by atoms with van der Waals surface area (Å²) in [6.45, 7) is 8.47. The van der Waals surface area contributed by atoms with E-state index in [0.29, 0.717) is 17.5 Å². The minimum Gasteiger partial charge on any atom is -0.310 e. The molecular weight excluding hydrogens is 324 g/mol. The Morgan fingerprint density at radius 3 is 2.57 bits per heavy atom. The van der Waals surface area contributed by atoms with Crippen LogP contribution in [-0.4, -0.2) is 32.5 Å². The van der Waals surface area contributed by atoms with Crippen molar-refractivity contribution in [2.75, 3.05) is 12.0 Å². The Bertz CT molecular complexity index is 538. The third-order valence-electron chi connectivity index (χ3n) is 3.04. The smallest absolute Gasteiger partial charge is 0.242 e. The monoisotopic (exact) mass is 350 g/mol. The maximum absolute atomic E-state index is 12.6. The van der Waals surface area contributed by atoms with E-state index in [9.17, 15) is 8.42 Å². The van der Waals surface area contributed by atoms with Gasteiger partial charge in [-0.05, 0) is 43.2 Å². The van der Waals surface area contributed by atoms with Gasteiger partial charge in [-0.25, -0.2) is 13.1 Å². The van der Waals surface area contributed by atoms with Gasteiger partial charge < -0.3 is 5.32 Å². The van der Waals surface area contributed by atoms with E-state index in [-0.39, 0.29) is 6.04 Å². The minimum atomic E-state index is -3.44. The summed E-state index contributed by atoms with van der Waals surface area (Å²) in [5.41, 5.74) is 0.824. The van der Waals surface area contributed by atoms with Gasteiger partial charge in [0.2, 0.25) is 10.0 Å². The van der Waals surface area contributed by atoms with Crippen LogP contribution in [0.4, 0.5) is 0 Å². The highest BCUT2D eigenvalue weighted by molar-refractivity contribution is 7.98. The van der Waals surface area contributed by atoms with Gasteiger partial charge in [-0.15, -0.1) is 11.3 Å². The third-order valence-corrected chi connectivity index (χ3v) is 6.74. The van der Waals surface area contributed by atoms with Crippen LogP contribution >= 0.6 is 23.1 Å². The van der Waals surface area contributed by atoms with Crippen LogP contribution in [0, 0.1) is 6.92 Å². The molecule has 0 bridgehead atoms. The Labute approximate surface area is 137 Å². The molecular formula is C14H26N2O2S3. The summed E-state index contributed by atoms with van der Waals surface area (Å²) < 4.78 is 28.0. The first-order valence-electron chi connectivity index (χ1n) is 7.09. The fourth-order valence-corrected chi connectivity index (χ4v) is 5.57. The molecule has 0 saturated carbocycles. The van der Waals surface area contributed by atoms with Crippen molar-refractivity contribution in [1.29, 1.82) is 0 Å². The van der Waals surface area contributed by atoms with Gasteiger partial charge >= 0.3 is 0 Å². The Kier molecular flexibility index (Phi) is 7.70. The Morgan fingerprint density at radius 2 is 2.00 bits per heavy atom. The SMILES string of the molecule is CSCCC(C)NS(=O)(=O)c1c(C)csc1CNC(C)C. The zero-order valence-electron chi connectivity index (χ0n) is 13.4. The molecule has 1 rings (SSSR count). The van der Waals surface area contributed by atoms with Crippen LogP contribution < -0.4 is 10.0 Å². The molecule has 7 heteroatoms. The lowest BCUT2D eigenvalue weighted by Gasteiger charge is -2.15. The molecule has 1 aromatic heterocycles. The highest BCUT2D eigenvalue weighted by Gasteiger charge is 2.24. The second kappa shape index (κ2) is 8.53. The number of sulfonamides is 1. The van der Waals surface area contributed by atoms with Crippen LogP contribution in [0.2, 0.25) is 0 Å². The summed E-state index contributed by atoms with van der Waals surface area (Å²) in [5, 5.41) is 5.21. The molecule has 1 atom stereocenters. The van der Waals surface area contributed by atoms with Gasteiger partial charge in [0.1, 0.15) is 4.90 Å².